The molecule has 0 radical (unpaired) electrons. The molecule has 0 saturated carbocycles. The van der Waals surface area contributed by atoms with E-state index in [0.717, 1.165) is 11.1 Å². The zero-order chi connectivity index (χ0) is 32.2. The van der Waals surface area contributed by atoms with E-state index in [1.54, 1.807) is 55.5 Å². The average molecular weight is 611 g/mol. The highest BCUT2D eigenvalue weighted by atomic mass is 16.5. The van der Waals surface area contributed by atoms with Crippen molar-refractivity contribution in [1.82, 2.24) is 10.2 Å². The van der Waals surface area contributed by atoms with Crippen LogP contribution in [-0.2, 0) is 17.8 Å². The van der Waals surface area contributed by atoms with Crippen molar-refractivity contribution in [1.29, 1.82) is 0 Å². The number of para-hydroxylation sites is 1. The van der Waals surface area contributed by atoms with Crippen molar-refractivity contribution in [2.75, 3.05) is 33.9 Å². The van der Waals surface area contributed by atoms with Gasteiger partial charge < -0.3 is 29.5 Å². The minimum Gasteiger partial charge on any atom is -0.496 e. The second kappa shape index (κ2) is 16.0. The quantitative estimate of drug-likeness (QED) is 0.173. The fourth-order valence-electron chi connectivity index (χ4n) is 5.07. The molecule has 4 rings (SSSR count). The molecule has 0 bridgehead atoms. The molecular weight excluding hydrogens is 572 g/mol. The molecule has 0 aliphatic heterocycles. The van der Waals surface area contributed by atoms with Crippen LogP contribution in [-0.4, -0.2) is 61.7 Å². The predicted octanol–water partition coefficient (Wildman–Crippen LogP) is 5.86. The van der Waals surface area contributed by atoms with Crippen molar-refractivity contribution in [3.8, 4) is 28.4 Å². The highest BCUT2D eigenvalue weighted by Gasteiger charge is 2.23. The maximum Gasteiger partial charge on any atom is 0.305 e. The van der Waals surface area contributed by atoms with Crippen LogP contribution >= 0.6 is 0 Å². The van der Waals surface area contributed by atoms with Crippen LogP contribution in [0.5, 0.6) is 17.2 Å². The maximum absolute atomic E-state index is 14.1. The summed E-state index contributed by atoms with van der Waals surface area (Å²) in [6, 6.07) is 27.2. The third-order valence-electron chi connectivity index (χ3n) is 7.33. The van der Waals surface area contributed by atoms with E-state index in [0.29, 0.717) is 52.5 Å². The molecule has 0 aliphatic carbocycles. The average Bonchev–Trinajstić information content (AvgIpc) is 3.07. The molecule has 0 unspecified atom stereocenters. The minimum atomic E-state index is -0.999. The number of nitrogens with zero attached hydrogens (tertiary/aromatic N) is 1. The standard InChI is InChI=1S/C36H38N2O7/c1-4-45-33-23-25(17-18-32(33)44-3)19-21-38(22-20-34(39)40)36(42)30-15-9-7-13-28(30)27-12-6-8-14-29(27)35(41)37-24-26-11-5-10-16-31(26)43-2/h5-18,23H,4,19-22,24H2,1-3H3,(H,37,41)(H,39,40). The van der Waals surface area contributed by atoms with Crippen molar-refractivity contribution >= 4 is 17.8 Å². The number of aliphatic carboxylic acids is 1. The molecule has 0 spiro atoms. The first-order chi connectivity index (χ1) is 21.9. The molecular formula is C36H38N2O7. The molecule has 45 heavy (non-hydrogen) atoms. The molecule has 2 N–H and O–H groups in total. The molecule has 0 heterocycles. The Hall–Kier alpha value is -5.31. The Morgan fingerprint density at radius 1 is 0.756 bits per heavy atom. The summed E-state index contributed by atoms with van der Waals surface area (Å²) in [5.41, 5.74) is 3.70. The van der Waals surface area contributed by atoms with Gasteiger partial charge in [0.15, 0.2) is 11.5 Å². The summed E-state index contributed by atoms with van der Waals surface area (Å²) in [5, 5.41) is 12.4. The first-order valence-electron chi connectivity index (χ1n) is 14.8. The van der Waals surface area contributed by atoms with Gasteiger partial charge in [0.2, 0.25) is 0 Å². The number of carbonyl (C=O) groups excluding carboxylic acids is 2. The first-order valence-corrected chi connectivity index (χ1v) is 14.8. The van der Waals surface area contributed by atoms with Crippen LogP contribution < -0.4 is 19.5 Å². The molecule has 234 valence electrons. The van der Waals surface area contributed by atoms with Crippen molar-refractivity contribution in [3.05, 3.63) is 113 Å². The molecule has 0 aromatic heterocycles. The van der Waals surface area contributed by atoms with Gasteiger partial charge in [0, 0.05) is 36.3 Å². The normalized spacial score (nSPS) is 10.6. The highest BCUT2D eigenvalue weighted by Crippen LogP contribution is 2.30. The fraction of sp³-hybridized carbons (Fsp3) is 0.250. The summed E-state index contributed by atoms with van der Waals surface area (Å²) in [7, 11) is 3.16. The number of carboxylic acid groups (broad SMARTS) is 1. The van der Waals surface area contributed by atoms with Crippen LogP contribution in [0.3, 0.4) is 0 Å². The topological polar surface area (TPSA) is 114 Å². The lowest BCUT2D eigenvalue weighted by Crippen LogP contribution is -2.35. The molecule has 4 aromatic rings. The van der Waals surface area contributed by atoms with E-state index in [9.17, 15) is 19.5 Å². The molecule has 0 aliphatic rings. The lowest BCUT2D eigenvalue weighted by Gasteiger charge is -2.24. The van der Waals surface area contributed by atoms with E-state index >= 15 is 0 Å². The number of ether oxygens (including phenoxy) is 3. The van der Waals surface area contributed by atoms with Gasteiger partial charge in [-0.25, -0.2) is 0 Å². The van der Waals surface area contributed by atoms with Crippen LogP contribution in [0.2, 0.25) is 0 Å². The van der Waals surface area contributed by atoms with Gasteiger partial charge in [-0.3, -0.25) is 14.4 Å². The van der Waals surface area contributed by atoms with Crippen molar-refractivity contribution in [3.63, 3.8) is 0 Å². The largest absolute Gasteiger partial charge is 0.496 e. The van der Waals surface area contributed by atoms with E-state index in [2.05, 4.69) is 5.32 Å². The van der Waals surface area contributed by atoms with Gasteiger partial charge in [-0.1, -0.05) is 60.7 Å². The molecule has 9 heteroatoms. The van der Waals surface area contributed by atoms with Crippen LogP contribution in [0.25, 0.3) is 11.1 Å². The predicted molar refractivity (Wildman–Crippen MR) is 172 cm³/mol. The second-order valence-corrected chi connectivity index (χ2v) is 10.2. The molecule has 4 aromatic carbocycles. The Balaban J connectivity index is 1.60. The van der Waals surface area contributed by atoms with Crippen molar-refractivity contribution in [2.45, 2.75) is 26.3 Å². The minimum absolute atomic E-state index is 0.0258. The summed E-state index contributed by atoms with van der Waals surface area (Å²) in [6.45, 7) is 2.92. The summed E-state index contributed by atoms with van der Waals surface area (Å²) < 4.78 is 16.5. The third kappa shape index (κ3) is 8.41. The van der Waals surface area contributed by atoms with E-state index in [-0.39, 0.29) is 37.9 Å². The van der Waals surface area contributed by atoms with Gasteiger partial charge in [-0.2, -0.15) is 0 Å². The molecule has 0 atom stereocenters. The summed E-state index contributed by atoms with van der Waals surface area (Å²) >= 11 is 0. The fourth-order valence-corrected chi connectivity index (χ4v) is 5.07. The number of carbonyl (C=O) groups is 3. The van der Waals surface area contributed by atoms with Crippen LogP contribution in [0.15, 0.2) is 91.0 Å². The number of nitrogens with one attached hydrogen (secondary N) is 1. The van der Waals surface area contributed by atoms with Crippen molar-refractivity contribution < 1.29 is 33.7 Å². The van der Waals surface area contributed by atoms with Gasteiger partial charge in [0.25, 0.3) is 11.8 Å². The monoisotopic (exact) mass is 610 g/mol. The Kier molecular flexibility index (Phi) is 11.6. The van der Waals surface area contributed by atoms with Gasteiger partial charge in [0.05, 0.1) is 27.2 Å². The van der Waals surface area contributed by atoms with E-state index in [4.69, 9.17) is 14.2 Å². The number of hydrogen-bond donors (Lipinski definition) is 2. The molecule has 9 nitrogen and oxygen atoms in total. The van der Waals surface area contributed by atoms with E-state index < -0.39 is 5.97 Å². The molecule has 0 saturated heterocycles. The SMILES string of the molecule is CCOc1cc(CCN(CCC(=O)O)C(=O)c2ccccc2-c2ccccc2C(=O)NCc2ccccc2OC)ccc1OC. The van der Waals surface area contributed by atoms with E-state index in [1.807, 2.05) is 61.5 Å². The number of carboxylic acids is 1. The zero-order valence-corrected chi connectivity index (χ0v) is 25.7. The number of hydrogen-bond acceptors (Lipinski definition) is 6. The number of rotatable bonds is 15. The van der Waals surface area contributed by atoms with Crippen LogP contribution in [0.1, 0.15) is 45.2 Å². The zero-order valence-electron chi connectivity index (χ0n) is 25.7. The Bertz CT molecular complexity index is 1640. The second-order valence-electron chi connectivity index (χ2n) is 10.2. The smallest absolute Gasteiger partial charge is 0.305 e. The number of benzene rings is 4. The van der Waals surface area contributed by atoms with Gasteiger partial charge >= 0.3 is 5.97 Å². The lowest BCUT2D eigenvalue weighted by atomic mass is 9.94. The van der Waals surface area contributed by atoms with Crippen LogP contribution in [0, 0.1) is 0 Å². The first kappa shape index (κ1) is 32.6. The molecule has 0 fully saturated rings. The Morgan fingerprint density at radius 2 is 1.40 bits per heavy atom. The van der Waals surface area contributed by atoms with Crippen LogP contribution in [0.4, 0.5) is 0 Å². The van der Waals surface area contributed by atoms with Crippen molar-refractivity contribution in [2.24, 2.45) is 0 Å². The van der Waals surface area contributed by atoms with Gasteiger partial charge in [-0.15, -0.1) is 0 Å². The third-order valence-corrected chi connectivity index (χ3v) is 7.33. The number of methoxy groups -OCH3 is 2. The summed E-state index contributed by atoms with van der Waals surface area (Å²) in [5.74, 6) is 0.264. The Labute approximate surface area is 263 Å². The van der Waals surface area contributed by atoms with E-state index in [1.165, 1.54) is 0 Å². The van der Waals surface area contributed by atoms with Gasteiger partial charge in [0.1, 0.15) is 5.75 Å². The maximum atomic E-state index is 14.1. The Morgan fingerprint density at radius 3 is 2.09 bits per heavy atom. The summed E-state index contributed by atoms with van der Waals surface area (Å²) in [4.78, 5) is 40.6. The van der Waals surface area contributed by atoms with Gasteiger partial charge in [-0.05, 0) is 60.4 Å². The highest BCUT2D eigenvalue weighted by molar-refractivity contribution is 6.06. The summed E-state index contributed by atoms with van der Waals surface area (Å²) in [6.07, 6.45) is 0.266. The number of amides is 2. The molecule has 2 amide bonds. The lowest BCUT2D eigenvalue weighted by molar-refractivity contribution is -0.137.